The van der Waals surface area contributed by atoms with E-state index in [4.69, 9.17) is 0 Å². The first-order chi connectivity index (χ1) is 7.77. The summed E-state index contributed by atoms with van der Waals surface area (Å²) < 4.78 is 24.4. The number of sulfonamides is 1. The molecule has 0 aliphatic carbocycles. The quantitative estimate of drug-likeness (QED) is 0.754. The molecule has 1 heterocycles. The summed E-state index contributed by atoms with van der Waals surface area (Å²) in [5.41, 5.74) is 0.194. The van der Waals surface area contributed by atoms with Crippen LogP contribution in [0.3, 0.4) is 0 Å². The Balaban J connectivity index is 2.51. The molecule has 4 nitrogen and oxygen atoms in total. The highest BCUT2D eigenvalue weighted by Gasteiger charge is 2.31. The van der Waals surface area contributed by atoms with Crippen LogP contribution < -0.4 is 0 Å². The van der Waals surface area contributed by atoms with E-state index in [-0.39, 0.29) is 5.54 Å². The van der Waals surface area contributed by atoms with Gasteiger partial charge in [-0.2, -0.15) is 4.31 Å². The molecule has 1 aliphatic heterocycles. The van der Waals surface area contributed by atoms with E-state index in [9.17, 15) is 8.42 Å². The topological polar surface area (TPSA) is 40.6 Å². The molecule has 0 aromatic carbocycles. The fourth-order valence-electron chi connectivity index (χ4n) is 2.39. The van der Waals surface area contributed by atoms with Crippen molar-refractivity contribution in [1.29, 1.82) is 0 Å². The number of rotatable bonds is 5. The second-order valence-electron chi connectivity index (χ2n) is 5.57. The van der Waals surface area contributed by atoms with E-state index in [1.807, 2.05) is 0 Å². The van der Waals surface area contributed by atoms with Crippen molar-refractivity contribution < 1.29 is 8.42 Å². The Morgan fingerprint density at radius 1 is 1.12 bits per heavy atom. The van der Waals surface area contributed by atoms with Crippen molar-refractivity contribution in [3.05, 3.63) is 0 Å². The van der Waals surface area contributed by atoms with Gasteiger partial charge in [-0.15, -0.1) is 0 Å². The largest absolute Gasteiger partial charge is 0.296 e. The Morgan fingerprint density at radius 3 is 2.06 bits per heavy atom. The lowest BCUT2D eigenvalue weighted by atomic mass is 9.94. The van der Waals surface area contributed by atoms with Crippen LogP contribution in [0.5, 0.6) is 0 Å². The zero-order chi connectivity index (χ0) is 13.1. The average Bonchev–Trinajstić information content (AvgIpc) is 2.25. The van der Waals surface area contributed by atoms with E-state index in [0.717, 1.165) is 13.1 Å². The lowest BCUT2D eigenvalue weighted by Gasteiger charge is -2.43. The molecule has 0 N–H and O–H groups in total. The normalized spacial score (nSPS) is 20.7. The van der Waals surface area contributed by atoms with Gasteiger partial charge in [0.05, 0.1) is 6.26 Å². The van der Waals surface area contributed by atoms with Crippen molar-refractivity contribution in [2.75, 3.05) is 32.4 Å². The third-order valence-electron chi connectivity index (χ3n) is 3.71. The van der Waals surface area contributed by atoms with Crippen molar-refractivity contribution in [1.82, 2.24) is 9.21 Å². The first-order valence-electron chi connectivity index (χ1n) is 6.47. The van der Waals surface area contributed by atoms with Crippen LogP contribution in [-0.2, 0) is 10.0 Å². The number of piperazine rings is 1. The Morgan fingerprint density at radius 2 is 1.65 bits per heavy atom. The van der Waals surface area contributed by atoms with Gasteiger partial charge in [0.1, 0.15) is 0 Å². The minimum absolute atomic E-state index is 0.194. The summed E-state index contributed by atoms with van der Waals surface area (Å²) in [6, 6.07) is 0. The summed E-state index contributed by atoms with van der Waals surface area (Å²) >= 11 is 0. The predicted molar refractivity (Wildman–Crippen MR) is 71.6 cm³/mol. The predicted octanol–water partition coefficient (Wildman–Crippen LogP) is 1.53. The summed E-state index contributed by atoms with van der Waals surface area (Å²) in [6.07, 6.45) is 4.93. The fourth-order valence-corrected chi connectivity index (χ4v) is 3.22. The van der Waals surface area contributed by atoms with Crippen molar-refractivity contribution in [2.45, 2.75) is 45.6 Å². The molecule has 0 atom stereocenters. The maximum Gasteiger partial charge on any atom is 0.211 e. The standard InChI is InChI=1S/C12H26N2O2S/c1-5-6-7-12(2,3)13-8-10-14(11-9-13)17(4,15)16/h5-11H2,1-4H3. The minimum Gasteiger partial charge on any atom is -0.296 e. The SMILES string of the molecule is CCCCC(C)(C)N1CCN(S(C)(=O)=O)CC1. The van der Waals surface area contributed by atoms with E-state index in [1.54, 1.807) is 4.31 Å². The van der Waals surface area contributed by atoms with Crippen LogP contribution in [0.4, 0.5) is 0 Å². The molecular weight excluding hydrogens is 236 g/mol. The van der Waals surface area contributed by atoms with Gasteiger partial charge in [-0.05, 0) is 20.3 Å². The lowest BCUT2D eigenvalue weighted by molar-refractivity contribution is 0.0713. The summed E-state index contributed by atoms with van der Waals surface area (Å²) in [7, 11) is -3.01. The van der Waals surface area contributed by atoms with Gasteiger partial charge in [-0.1, -0.05) is 19.8 Å². The second-order valence-corrected chi connectivity index (χ2v) is 7.55. The molecule has 17 heavy (non-hydrogen) atoms. The van der Waals surface area contributed by atoms with Gasteiger partial charge in [0.2, 0.25) is 10.0 Å². The summed E-state index contributed by atoms with van der Waals surface area (Å²) in [4.78, 5) is 2.42. The zero-order valence-electron chi connectivity index (χ0n) is 11.6. The minimum atomic E-state index is -3.01. The van der Waals surface area contributed by atoms with Crippen molar-refractivity contribution >= 4 is 10.0 Å². The maximum atomic E-state index is 11.4. The van der Waals surface area contributed by atoms with Gasteiger partial charge in [-0.3, -0.25) is 4.90 Å². The molecule has 0 bridgehead atoms. The molecule has 0 unspecified atom stereocenters. The number of hydrogen-bond donors (Lipinski definition) is 0. The number of nitrogens with zero attached hydrogens (tertiary/aromatic N) is 2. The van der Waals surface area contributed by atoms with E-state index < -0.39 is 10.0 Å². The van der Waals surface area contributed by atoms with E-state index in [0.29, 0.717) is 13.1 Å². The molecule has 5 heteroatoms. The fraction of sp³-hybridized carbons (Fsp3) is 1.00. The van der Waals surface area contributed by atoms with Crippen molar-refractivity contribution in [3.63, 3.8) is 0 Å². The van der Waals surface area contributed by atoms with E-state index >= 15 is 0 Å². The van der Waals surface area contributed by atoms with E-state index in [1.165, 1.54) is 25.5 Å². The maximum absolute atomic E-state index is 11.4. The molecule has 102 valence electrons. The highest BCUT2D eigenvalue weighted by atomic mass is 32.2. The molecule has 0 radical (unpaired) electrons. The molecule has 0 aromatic heterocycles. The van der Waals surface area contributed by atoms with E-state index in [2.05, 4.69) is 25.7 Å². The summed E-state index contributed by atoms with van der Waals surface area (Å²) in [5.74, 6) is 0. The number of unbranched alkanes of at least 4 members (excludes halogenated alkanes) is 1. The van der Waals surface area contributed by atoms with Crippen LogP contribution in [-0.4, -0.2) is 55.6 Å². The highest BCUT2D eigenvalue weighted by molar-refractivity contribution is 7.88. The number of hydrogen-bond acceptors (Lipinski definition) is 3. The summed E-state index contributed by atoms with van der Waals surface area (Å²) in [6.45, 7) is 9.70. The average molecular weight is 262 g/mol. The molecule has 0 amide bonds. The molecule has 0 spiro atoms. The van der Waals surface area contributed by atoms with Crippen LogP contribution in [0.2, 0.25) is 0 Å². The van der Waals surface area contributed by atoms with Crippen LogP contribution in [0, 0.1) is 0 Å². The van der Waals surface area contributed by atoms with Crippen molar-refractivity contribution in [3.8, 4) is 0 Å². The van der Waals surface area contributed by atoms with Crippen LogP contribution in [0.25, 0.3) is 0 Å². The van der Waals surface area contributed by atoms with Crippen molar-refractivity contribution in [2.24, 2.45) is 0 Å². The van der Waals surface area contributed by atoms with Gasteiger partial charge in [0.25, 0.3) is 0 Å². The highest BCUT2D eigenvalue weighted by Crippen LogP contribution is 2.23. The molecule has 1 aliphatic rings. The van der Waals surface area contributed by atoms with Gasteiger partial charge in [0, 0.05) is 31.7 Å². The molecule has 1 fully saturated rings. The smallest absolute Gasteiger partial charge is 0.211 e. The van der Waals surface area contributed by atoms with Crippen LogP contribution >= 0.6 is 0 Å². The third-order valence-corrected chi connectivity index (χ3v) is 5.01. The van der Waals surface area contributed by atoms with Crippen LogP contribution in [0.15, 0.2) is 0 Å². The zero-order valence-corrected chi connectivity index (χ0v) is 12.4. The Bertz CT molecular complexity index is 330. The monoisotopic (exact) mass is 262 g/mol. The Kier molecular flexibility index (Phi) is 4.98. The Hall–Kier alpha value is -0.130. The molecular formula is C12H26N2O2S. The first kappa shape index (κ1) is 14.9. The first-order valence-corrected chi connectivity index (χ1v) is 8.32. The van der Waals surface area contributed by atoms with Crippen LogP contribution in [0.1, 0.15) is 40.0 Å². The molecule has 0 aromatic rings. The van der Waals surface area contributed by atoms with Gasteiger partial charge in [-0.25, -0.2) is 8.42 Å². The molecule has 1 rings (SSSR count). The van der Waals surface area contributed by atoms with Gasteiger partial charge >= 0.3 is 0 Å². The summed E-state index contributed by atoms with van der Waals surface area (Å²) in [5, 5.41) is 0. The van der Waals surface area contributed by atoms with Gasteiger partial charge < -0.3 is 0 Å². The van der Waals surface area contributed by atoms with Gasteiger partial charge in [0.15, 0.2) is 0 Å². The Labute approximate surface area is 106 Å². The lowest BCUT2D eigenvalue weighted by Crippen LogP contribution is -2.55. The molecule has 1 saturated heterocycles. The second kappa shape index (κ2) is 5.67. The third kappa shape index (κ3) is 4.23. The molecule has 0 saturated carbocycles.